The molecule has 0 unspecified atom stereocenters. The fourth-order valence-corrected chi connectivity index (χ4v) is 4.05. The van der Waals surface area contributed by atoms with Crippen molar-refractivity contribution in [3.8, 4) is 5.75 Å². The van der Waals surface area contributed by atoms with Crippen LogP contribution < -0.4 is 10.1 Å². The van der Waals surface area contributed by atoms with Crippen LogP contribution in [-0.2, 0) is 12.0 Å². The Hall–Kier alpha value is -2.26. The van der Waals surface area contributed by atoms with Gasteiger partial charge < -0.3 is 10.1 Å². The molecule has 0 atom stereocenters. The molecule has 2 nitrogen and oxygen atoms in total. The standard InChI is InChI=1S/C26H27Cl2NO/c1-26(2,29-17-16-22-24(27)10-7-11-25(22)28)23-18-21(30-3)15-14-20(23)13-12-19-8-5-4-6-9-19/h4-15,18,29H,16-17H2,1-3H3. The highest BCUT2D eigenvalue weighted by atomic mass is 35.5. The molecule has 1 N–H and O–H groups in total. The minimum Gasteiger partial charge on any atom is -0.497 e. The van der Waals surface area contributed by atoms with Crippen LogP contribution >= 0.6 is 23.2 Å². The second kappa shape index (κ2) is 10.2. The van der Waals surface area contributed by atoms with Crippen molar-refractivity contribution in [1.82, 2.24) is 5.32 Å². The molecule has 0 saturated heterocycles. The zero-order chi connectivity index (χ0) is 21.6. The molecule has 3 aromatic rings. The van der Waals surface area contributed by atoms with Gasteiger partial charge in [0.05, 0.1) is 7.11 Å². The lowest BCUT2D eigenvalue weighted by Gasteiger charge is -2.29. The van der Waals surface area contributed by atoms with Crippen LogP contribution in [0, 0.1) is 0 Å². The van der Waals surface area contributed by atoms with Gasteiger partial charge >= 0.3 is 0 Å². The van der Waals surface area contributed by atoms with Crippen molar-refractivity contribution in [2.24, 2.45) is 0 Å². The summed E-state index contributed by atoms with van der Waals surface area (Å²) < 4.78 is 5.49. The third-order valence-corrected chi connectivity index (χ3v) is 5.90. The van der Waals surface area contributed by atoms with E-state index in [0.717, 1.165) is 29.8 Å². The molecular weight excluding hydrogens is 413 g/mol. The van der Waals surface area contributed by atoms with Crippen LogP contribution in [-0.4, -0.2) is 13.7 Å². The minimum atomic E-state index is -0.279. The van der Waals surface area contributed by atoms with Gasteiger partial charge in [0.25, 0.3) is 0 Å². The lowest BCUT2D eigenvalue weighted by molar-refractivity contribution is 0.393. The van der Waals surface area contributed by atoms with Crippen molar-refractivity contribution >= 4 is 35.4 Å². The molecule has 0 aliphatic rings. The van der Waals surface area contributed by atoms with E-state index in [0.29, 0.717) is 10.0 Å². The van der Waals surface area contributed by atoms with Gasteiger partial charge in [-0.1, -0.05) is 77.8 Å². The van der Waals surface area contributed by atoms with Crippen LogP contribution in [0.15, 0.2) is 66.7 Å². The number of ether oxygens (including phenoxy) is 1. The molecule has 0 amide bonds. The summed E-state index contributed by atoms with van der Waals surface area (Å²) in [7, 11) is 1.69. The Bertz CT molecular complexity index is 993. The fraction of sp³-hybridized carbons (Fsp3) is 0.231. The molecule has 4 heteroatoms. The van der Waals surface area contributed by atoms with Crippen LogP contribution in [0.25, 0.3) is 12.2 Å². The normalized spacial score (nSPS) is 11.8. The first-order chi connectivity index (χ1) is 14.4. The molecule has 0 bridgehead atoms. The molecular formula is C26H27Cl2NO. The summed E-state index contributed by atoms with van der Waals surface area (Å²) in [5, 5.41) is 5.07. The average Bonchev–Trinajstić information content (AvgIpc) is 2.75. The Morgan fingerprint density at radius 1 is 0.900 bits per heavy atom. The zero-order valence-electron chi connectivity index (χ0n) is 17.6. The highest BCUT2D eigenvalue weighted by Crippen LogP contribution is 2.30. The third kappa shape index (κ3) is 5.66. The fourth-order valence-electron chi connectivity index (χ4n) is 3.47. The number of hydrogen-bond donors (Lipinski definition) is 1. The van der Waals surface area contributed by atoms with Crippen LogP contribution in [0.5, 0.6) is 5.75 Å². The maximum Gasteiger partial charge on any atom is 0.119 e. The smallest absolute Gasteiger partial charge is 0.119 e. The number of hydrogen-bond acceptors (Lipinski definition) is 2. The first kappa shape index (κ1) is 22.4. The summed E-state index contributed by atoms with van der Waals surface area (Å²) in [5.41, 5.74) is 4.17. The van der Waals surface area contributed by atoms with E-state index in [4.69, 9.17) is 27.9 Å². The first-order valence-electron chi connectivity index (χ1n) is 10.0. The highest BCUT2D eigenvalue weighted by molar-refractivity contribution is 6.35. The Balaban J connectivity index is 1.81. The van der Waals surface area contributed by atoms with E-state index in [-0.39, 0.29) is 5.54 Å². The number of benzene rings is 3. The summed E-state index contributed by atoms with van der Waals surface area (Å²) in [6, 6.07) is 22.1. The minimum absolute atomic E-state index is 0.279. The van der Waals surface area contributed by atoms with Crippen LogP contribution in [0.4, 0.5) is 0 Å². The van der Waals surface area contributed by atoms with Crippen LogP contribution in [0.1, 0.15) is 36.1 Å². The summed E-state index contributed by atoms with van der Waals surface area (Å²) in [6.07, 6.45) is 5.03. The highest BCUT2D eigenvalue weighted by Gasteiger charge is 2.23. The molecule has 3 rings (SSSR count). The summed E-state index contributed by atoms with van der Waals surface area (Å²) in [6.45, 7) is 5.10. The van der Waals surface area contributed by atoms with E-state index in [2.05, 4.69) is 55.6 Å². The second-order valence-electron chi connectivity index (χ2n) is 7.70. The van der Waals surface area contributed by atoms with Crippen molar-refractivity contribution in [3.63, 3.8) is 0 Å². The maximum absolute atomic E-state index is 6.32. The number of rotatable bonds is 8. The van der Waals surface area contributed by atoms with E-state index in [1.54, 1.807) is 7.11 Å². The zero-order valence-corrected chi connectivity index (χ0v) is 19.1. The van der Waals surface area contributed by atoms with Crippen molar-refractivity contribution in [2.75, 3.05) is 13.7 Å². The van der Waals surface area contributed by atoms with Gasteiger partial charge in [-0.2, -0.15) is 0 Å². The van der Waals surface area contributed by atoms with E-state index in [9.17, 15) is 0 Å². The SMILES string of the molecule is COc1ccc(C=Cc2ccccc2)c(C(C)(C)NCCc2c(Cl)cccc2Cl)c1. The van der Waals surface area contributed by atoms with Gasteiger partial charge in [-0.25, -0.2) is 0 Å². The Kier molecular flexibility index (Phi) is 7.60. The number of methoxy groups -OCH3 is 1. The molecule has 0 spiro atoms. The van der Waals surface area contributed by atoms with Crippen LogP contribution in [0.2, 0.25) is 10.0 Å². The Morgan fingerprint density at radius 3 is 2.27 bits per heavy atom. The van der Waals surface area contributed by atoms with Gasteiger partial charge in [-0.3, -0.25) is 0 Å². The lowest BCUT2D eigenvalue weighted by Crippen LogP contribution is -2.38. The predicted octanol–water partition coefficient (Wildman–Crippen LogP) is 7.24. The molecule has 156 valence electrons. The quantitative estimate of drug-likeness (QED) is 0.373. The molecule has 30 heavy (non-hydrogen) atoms. The largest absolute Gasteiger partial charge is 0.497 e. The monoisotopic (exact) mass is 439 g/mol. The predicted molar refractivity (Wildman–Crippen MR) is 130 cm³/mol. The van der Waals surface area contributed by atoms with Gasteiger partial charge in [-0.15, -0.1) is 0 Å². The molecule has 0 saturated carbocycles. The van der Waals surface area contributed by atoms with Crippen molar-refractivity contribution in [1.29, 1.82) is 0 Å². The molecule has 0 radical (unpaired) electrons. The third-order valence-electron chi connectivity index (χ3n) is 5.19. The lowest BCUT2D eigenvalue weighted by atomic mass is 9.89. The van der Waals surface area contributed by atoms with Crippen LogP contribution in [0.3, 0.4) is 0 Å². The Morgan fingerprint density at radius 2 is 1.60 bits per heavy atom. The Labute approximate surface area is 189 Å². The molecule has 0 aliphatic heterocycles. The topological polar surface area (TPSA) is 21.3 Å². The van der Waals surface area contributed by atoms with Gasteiger partial charge in [0.1, 0.15) is 5.75 Å². The second-order valence-corrected chi connectivity index (χ2v) is 8.51. The van der Waals surface area contributed by atoms with Gasteiger partial charge in [0.2, 0.25) is 0 Å². The van der Waals surface area contributed by atoms with Gasteiger partial charge in [-0.05, 0) is 66.8 Å². The van der Waals surface area contributed by atoms with Gasteiger partial charge in [0.15, 0.2) is 0 Å². The summed E-state index contributed by atoms with van der Waals surface area (Å²) >= 11 is 12.6. The van der Waals surface area contributed by atoms with Crippen molar-refractivity contribution in [3.05, 3.63) is 99.0 Å². The number of nitrogens with one attached hydrogen (secondary N) is 1. The van der Waals surface area contributed by atoms with E-state index in [1.165, 1.54) is 11.1 Å². The van der Waals surface area contributed by atoms with Crippen molar-refractivity contribution in [2.45, 2.75) is 25.8 Å². The molecule has 0 fully saturated rings. The summed E-state index contributed by atoms with van der Waals surface area (Å²) in [4.78, 5) is 0. The van der Waals surface area contributed by atoms with Crippen molar-refractivity contribution < 1.29 is 4.74 Å². The first-order valence-corrected chi connectivity index (χ1v) is 10.8. The molecule has 0 aliphatic carbocycles. The molecule has 0 heterocycles. The summed E-state index contributed by atoms with van der Waals surface area (Å²) in [5.74, 6) is 0.839. The average molecular weight is 440 g/mol. The maximum atomic E-state index is 6.32. The van der Waals surface area contributed by atoms with E-state index in [1.807, 2.05) is 42.5 Å². The van der Waals surface area contributed by atoms with Gasteiger partial charge in [0, 0.05) is 22.1 Å². The molecule has 3 aromatic carbocycles. The molecule has 0 aromatic heterocycles. The van der Waals surface area contributed by atoms with E-state index < -0.39 is 0 Å². The van der Waals surface area contributed by atoms with E-state index >= 15 is 0 Å². The number of halogens is 2.